The molecule has 22 heavy (non-hydrogen) atoms. The Bertz CT molecular complexity index is 794. The molecule has 0 aliphatic heterocycles. The lowest BCUT2D eigenvalue weighted by molar-refractivity contribution is 0.0956. The first-order valence-corrected chi connectivity index (χ1v) is 7.13. The number of anilines is 2. The molecule has 0 bridgehead atoms. The quantitative estimate of drug-likeness (QED) is 0.775. The molecule has 2 N–H and O–H groups in total. The molecule has 0 radical (unpaired) electrons. The van der Waals surface area contributed by atoms with Crippen LogP contribution in [0, 0.1) is 0 Å². The minimum Gasteiger partial charge on any atom is -0.352 e. The molecule has 0 saturated heterocycles. The van der Waals surface area contributed by atoms with E-state index >= 15 is 0 Å². The fraction of sp³-hybridized carbons (Fsp3) is 0.118. The standard InChI is InChI=1S/C17H16N4O/c1-2-18-17(22)12-7-9-13(10-8-12)21-16-14-5-3-4-6-15(14)19-11-20-16/h3-11H,2H2,1H3,(H,18,22)(H,19,20,21). The predicted molar refractivity (Wildman–Crippen MR) is 87.3 cm³/mol. The molecular weight excluding hydrogens is 276 g/mol. The van der Waals surface area contributed by atoms with Crippen LogP contribution in [0.15, 0.2) is 54.9 Å². The van der Waals surface area contributed by atoms with Crippen LogP contribution in [0.5, 0.6) is 0 Å². The number of nitrogens with one attached hydrogen (secondary N) is 2. The highest BCUT2D eigenvalue weighted by Gasteiger charge is 2.06. The summed E-state index contributed by atoms with van der Waals surface area (Å²) in [6.07, 6.45) is 1.54. The topological polar surface area (TPSA) is 66.9 Å². The van der Waals surface area contributed by atoms with Gasteiger partial charge in [-0.15, -0.1) is 0 Å². The molecule has 0 unspecified atom stereocenters. The highest BCUT2D eigenvalue weighted by molar-refractivity contribution is 5.95. The number of hydrogen-bond donors (Lipinski definition) is 2. The maximum absolute atomic E-state index is 11.7. The van der Waals surface area contributed by atoms with Gasteiger partial charge in [0.2, 0.25) is 0 Å². The predicted octanol–water partition coefficient (Wildman–Crippen LogP) is 3.12. The third kappa shape index (κ3) is 2.88. The Kier molecular flexibility index (Phi) is 3.96. The van der Waals surface area contributed by atoms with Crippen molar-refractivity contribution in [1.82, 2.24) is 15.3 Å². The van der Waals surface area contributed by atoms with E-state index in [1.807, 2.05) is 43.3 Å². The van der Waals surface area contributed by atoms with Crippen molar-refractivity contribution in [3.05, 3.63) is 60.4 Å². The van der Waals surface area contributed by atoms with Gasteiger partial charge in [0.15, 0.2) is 0 Å². The number of aromatic nitrogens is 2. The van der Waals surface area contributed by atoms with Gasteiger partial charge < -0.3 is 10.6 Å². The molecule has 1 aromatic heterocycles. The summed E-state index contributed by atoms with van der Waals surface area (Å²) in [6.45, 7) is 2.51. The van der Waals surface area contributed by atoms with E-state index in [0.29, 0.717) is 12.1 Å². The van der Waals surface area contributed by atoms with E-state index in [4.69, 9.17) is 0 Å². The number of nitrogens with zero attached hydrogens (tertiary/aromatic N) is 2. The van der Waals surface area contributed by atoms with Gasteiger partial charge in [0, 0.05) is 23.2 Å². The van der Waals surface area contributed by atoms with Crippen molar-refractivity contribution >= 4 is 28.3 Å². The second-order valence-corrected chi connectivity index (χ2v) is 4.80. The van der Waals surface area contributed by atoms with Crippen LogP contribution in [-0.2, 0) is 0 Å². The monoisotopic (exact) mass is 292 g/mol. The van der Waals surface area contributed by atoms with Gasteiger partial charge >= 0.3 is 0 Å². The van der Waals surface area contributed by atoms with Crippen LogP contribution < -0.4 is 10.6 Å². The summed E-state index contributed by atoms with van der Waals surface area (Å²) in [4.78, 5) is 20.3. The Morgan fingerprint density at radius 1 is 1.05 bits per heavy atom. The smallest absolute Gasteiger partial charge is 0.251 e. The molecular formula is C17H16N4O. The Hall–Kier alpha value is -2.95. The molecule has 3 aromatic rings. The molecule has 5 nitrogen and oxygen atoms in total. The average molecular weight is 292 g/mol. The van der Waals surface area contributed by atoms with Gasteiger partial charge in [0.25, 0.3) is 5.91 Å². The van der Waals surface area contributed by atoms with Crippen molar-refractivity contribution in [3.63, 3.8) is 0 Å². The SMILES string of the molecule is CCNC(=O)c1ccc(Nc2ncnc3ccccc23)cc1. The summed E-state index contributed by atoms with van der Waals surface area (Å²) in [5.74, 6) is 0.679. The van der Waals surface area contributed by atoms with Crippen LogP contribution in [0.25, 0.3) is 10.9 Å². The lowest BCUT2D eigenvalue weighted by Gasteiger charge is -2.09. The van der Waals surface area contributed by atoms with Crippen molar-refractivity contribution in [2.75, 3.05) is 11.9 Å². The second-order valence-electron chi connectivity index (χ2n) is 4.80. The molecule has 5 heteroatoms. The summed E-state index contributed by atoms with van der Waals surface area (Å²) in [5.41, 5.74) is 2.40. The average Bonchev–Trinajstić information content (AvgIpc) is 2.56. The third-order valence-corrected chi connectivity index (χ3v) is 3.29. The van der Waals surface area contributed by atoms with Crippen molar-refractivity contribution in [2.24, 2.45) is 0 Å². The molecule has 0 atom stereocenters. The van der Waals surface area contributed by atoms with Crippen molar-refractivity contribution in [2.45, 2.75) is 6.92 Å². The molecule has 1 heterocycles. The van der Waals surface area contributed by atoms with E-state index in [2.05, 4.69) is 20.6 Å². The molecule has 0 aliphatic carbocycles. The van der Waals surface area contributed by atoms with Crippen LogP contribution >= 0.6 is 0 Å². The van der Waals surface area contributed by atoms with Crippen molar-refractivity contribution in [3.8, 4) is 0 Å². The number of para-hydroxylation sites is 1. The van der Waals surface area contributed by atoms with Gasteiger partial charge in [0.1, 0.15) is 12.1 Å². The molecule has 0 spiro atoms. The van der Waals surface area contributed by atoms with Crippen LogP contribution in [-0.4, -0.2) is 22.4 Å². The number of fused-ring (bicyclic) bond motifs is 1. The van der Waals surface area contributed by atoms with Crippen LogP contribution in [0.3, 0.4) is 0 Å². The first kappa shape index (κ1) is 14.0. The van der Waals surface area contributed by atoms with Crippen LogP contribution in [0.1, 0.15) is 17.3 Å². The minimum absolute atomic E-state index is 0.0680. The molecule has 2 aromatic carbocycles. The van der Waals surface area contributed by atoms with Crippen LogP contribution in [0.4, 0.5) is 11.5 Å². The molecule has 1 amide bonds. The van der Waals surface area contributed by atoms with E-state index in [-0.39, 0.29) is 5.91 Å². The molecule has 0 aliphatic rings. The summed E-state index contributed by atoms with van der Waals surface area (Å²) >= 11 is 0. The first-order chi connectivity index (χ1) is 10.8. The summed E-state index contributed by atoms with van der Waals surface area (Å²) in [7, 11) is 0. The number of rotatable bonds is 4. The zero-order valence-corrected chi connectivity index (χ0v) is 12.2. The Balaban J connectivity index is 1.85. The van der Waals surface area contributed by atoms with Gasteiger partial charge in [-0.3, -0.25) is 4.79 Å². The maximum atomic E-state index is 11.7. The fourth-order valence-corrected chi connectivity index (χ4v) is 2.21. The Morgan fingerprint density at radius 2 is 1.82 bits per heavy atom. The third-order valence-electron chi connectivity index (χ3n) is 3.29. The van der Waals surface area contributed by atoms with Gasteiger partial charge in [-0.1, -0.05) is 12.1 Å². The number of carbonyl (C=O) groups excluding carboxylic acids is 1. The highest BCUT2D eigenvalue weighted by atomic mass is 16.1. The lowest BCUT2D eigenvalue weighted by Crippen LogP contribution is -2.22. The number of amides is 1. The molecule has 110 valence electrons. The normalized spacial score (nSPS) is 10.4. The van der Waals surface area contributed by atoms with E-state index in [1.165, 1.54) is 6.33 Å². The van der Waals surface area contributed by atoms with Crippen molar-refractivity contribution < 1.29 is 4.79 Å². The Morgan fingerprint density at radius 3 is 2.59 bits per heavy atom. The molecule has 3 rings (SSSR count). The number of hydrogen-bond acceptors (Lipinski definition) is 4. The zero-order chi connectivity index (χ0) is 15.4. The zero-order valence-electron chi connectivity index (χ0n) is 12.2. The lowest BCUT2D eigenvalue weighted by atomic mass is 10.2. The fourth-order valence-electron chi connectivity index (χ4n) is 2.21. The van der Waals surface area contributed by atoms with Gasteiger partial charge in [-0.25, -0.2) is 9.97 Å². The second kappa shape index (κ2) is 6.22. The van der Waals surface area contributed by atoms with Gasteiger partial charge in [-0.05, 0) is 43.3 Å². The number of carbonyl (C=O) groups is 1. The van der Waals surface area contributed by atoms with Crippen molar-refractivity contribution in [1.29, 1.82) is 0 Å². The van der Waals surface area contributed by atoms with E-state index in [9.17, 15) is 4.79 Å². The minimum atomic E-state index is -0.0680. The summed E-state index contributed by atoms with van der Waals surface area (Å²) in [6, 6.07) is 15.1. The van der Waals surface area contributed by atoms with E-state index in [1.54, 1.807) is 12.1 Å². The maximum Gasteiger partial charge on any atom is 0.251 e. The highest BCUT2D eigenvalue weighted by Crippen LogP contribution is 2.22. The summed E-state index contributed by atoms with van der Waals surface area (Å²) in [5, 5.41) is 6.99. The summed E-state index contributed by atoms with van der Waals surface area (Å²) < 4.78 is 0. The van der Waals surface area contributed by atoms with E-state index in [0.717, 1.165) is 22.4 Å². The molecule has 0 saturated carbocycles. The van der Waals surface area contributed by atoms with E-state index < -0.39 is 0 Å². The number of benzene rings is 2. The Labute approximate surface area is 128 Å². The first-order valence-electron chi connectivity index (χ1n) is 7.13. The largest absolute Gasteiger partial charge is 0.352 e. The van der Waals surface area contributed by atoms with Gasteiger partial charge in [0.05, 0.1) is 5.52 Å². The molecule has 0 fully saturated rings. The van der Waals surface area contributed by atoms with Crippen LogP contribution in [0.2, 0.25) is 0 Å². The van der Waals surface area contributed by atoms with Gasteiger partial charge in [-0.2, -0.15) is 0 Å².